The molecule has 1 aliphatic carbocycles. The molecule has 2 aliphatic rings. The van der Waals surface area contributed by atoms with Crippen LogP contribution < -0.4 is 0 Å². The van der Waals surface area contributed by atoms with Crippen LogP contribution in [0.25, 0.3) is 22.2 Å². The van der Waals surface area contributed by atoms with Gasteiger partial charge in [0.1, 0.15) is 5.65 Å². The average Bonchev–Trinajstić information content (AvgIpc) is 3.24. The maximum absolute atomic E-state index is 12.2. The van der Waals surface area contributed by atoms with E-state index >= 15 is 0 Å². The normalized spacial score (nSPS) is 18.1. The first-order valence-corrected chi connectivity index (χ1v) is 10.6. The molecule has 0 aromatic carbocycles. The Bertz CT molecular complexity index is 1210. The van der Waals surface area contributed by atoms with E-state index in [0.717, 1.165) is 28.6 Å². The summed E-state index contributed by atoms with van der Waals surface area (Å²) in [5, 5.41) is 10.5. The smallest absolute Gasteiger partial charge is 0.213 e. The van der Waals surface area contributed by atoms with Crippen molar-refractivity contribution in [3.05, 3.63) is 42.0 Å². The summed E-state index contributed by atoms with van der Waals surface area (Å²) in [6.07, 6.45) is 9.06. The van der Waals surface area contributed by atoms with Crippen LogP contribution in [0.5, 0.6) is 0 Å². The Balaban J connectivity index is 1.57. The molecule has 1 aliphatic heterocycles. The number of hydrogen-bond donors (Lipinski definition) is 1. The van der Waals surface area contributed by atoms with Gasteiger partial charge in [-0.25, -0.2) is 13.4 Å². The van der Waals surface area contributed by atoms with Crippen LogP contribution >= 0.6 is 0 Å². The molecule has 0 unspecified atom stereocenters. The number of sulfonamides is 1. The molecule has 4 heterocycles. The number of pyridine rings is 1. The number of aromatic amines is 1. The summed E-state index contributed by atoms with van der Waals surface area (Å²) in [6.45, 7) is 2.35. The Kier molecular flexibility index (Phi) is 3.33. The molecule has 1 fully saturated rings. The van der Waals surface area contributed by atoms with Crippen molar-refractivity contribution in [1.29, 1.82) is 5.26 Å². The minimum absolute atomic E-state index is 0.0854. The molecule has 3 aromatic heterocycles. The Morgan fingerprint density at radius 2 is 2.11 bits per heavy atom. The molecule has 3 aromatic rings. The molecule has 0 saturated carbocycles. The van der Waals surface area contributed by atoms with Gasteiger partial charge in [-0.15, -0.1) is 0 Å². The zero-order valence-corrected chi connectivity index (χ0v) is 15.8. The van der Waals surface area contributed by atoms with Crippen molar-refractivity contribution >= 4 is 21.1 Å². The lowest BCUT2D eigenvalue weighted by Gasteiger charge is -2.49. The van der Waals surface area contributed by atoms with Crippen LogP contribution in [0.1, 0.15) is 24.5 Å². The van der Waals surface area contributed by atoms with Gasteiger partial charge in [-0.1, -0.05) is 0 Å². The minimum atomic E-state index is -3.23. The molecule has 0 bridgehead atoms. The average molecular weight is 381 g/mol. The Morgan fingerprint density at radius 1 is 1.30 bits per heavy atom. The predicted octanol–water partition coefficient (Wildman–Crippen LogP) is 2.21. The van der Waals surface area contributed by atoms with E-state index in [1.54, 1.807) is 13.1 Å². The van der Waals surface area contributed by atoms with Crippen LogP contribution in [0.4, 0.5) is 0 Å². The number of fused-ring (bicyclic) bond motifs is 2. The van der Waals surface area contributed by atoms with Gasteiger partial charge in [0, 0.05) is 55.2 Å². The molecule has 0 radical (unpaired) electrons. The number of nitrogens with one attached hydrogen (secondary N) is 1. The lowest BCUT2D eigenvalue weighted by molar-refractivity contribution is 0.0850. The number of hydrogen-bond acceptors (Lipinski definition) is 4. The molecule has 5 rings (SSSR count). The van der Waals surface area contributed by atoms with Crippen molar-refractivity contribution in [3.8, 4) is 17.2 Å². The van der Waals surface area contributed by atoms with E-state index in [0.29, 0.717) is 13.1 Å². The molecule has 0 amide bonds. The topological polar surface area (TPSA) is 94.8 Å². The first-order chi connectivity index (χ1) is 13.0. The van der Waals surface area contributed by atoms with E-state index in [2.05, 4.69) is 33.0 Å². The molecular weight excluding hydrogens is 362 g/mol. The zero-order chi connectivity index (χ0) is 18.8. The molecule has 8 heteroatoms. The van der Waals surface area contributed by atoms with Crippen molar-refractivity contribution in [2.45, 2.75) is 25.3 Å². The monoisotopic (exact) mass is 381 g/mol. The zero-order valence-electron chi connectivity index (χ0n) is 14.9. The van der Waals surface area contributed by atoms with E-state index < -0.39 is 15.6 Å². The van der Waals surface area contributed by atoms with E-state index in [9.17, 15) is 13.7 Å². The molecule has 1 N–H and O–H groups in total. The molecular formula is C19H19N5O2S. The third-order valence-electron chi connectivity index (χ3n) is 5.89. The number of H-pyrrole nitrogens is 1. The van der Waals surface area contributed by atoms with Crippen molar-refractivity contribution in [1.82, 2.24) is 18.8 Å². The van der Waals surface area contributed by atoms with Gasteiger partial charge in [0.25, 0.3) is 0 Å². The third-order valence-corrected chi connectivity index (χ3v) is 7.67. The minimum Gasteiger partial charge on any atom is -0.346 e. The number of nitrogens with zero attached hydrogens (tertiary/aromatic N) is 4. The van der Waals surface area contributed by atoms with Crippen LogP contribution in [0.2, 0.25) is 0 Å². The summed E-state index contributed by atoms with van der Waals surface area (Å²) in [7, 11) is -3.23. The summed E-state index contributed by atoms with van der Waals surface area (Å²) in [6, 6.07) is 4.28. The lowest BCUT2D eigenvalue weighted by Crippen LogP contribution is -2.63. The van der Waals surface area contributed by atoms with Gasteiger partial charge in [0.05, 0.1) is 23.8 Å². The van der Waals surface area contributed by atoms with Gasteiger partial charge < -0.3 is 9.55 Å². The van der Waals surface area contributed by atoms with Crippen LogP contribution in [0.3, 0.4) is 0 Å². The first kappa shape index (κ1) is 16.5. The summed E-state index contributed by atoms with van der Waals surface area (Å²) in [5.74, 6) is 0.0854. The fourth-order valence-electron chi connectivity index (χ4n) is 4.35. The highest BCUT2D eigenvalue weighted by molar-refractivity contribution is 7.89. The van der Waals surface area contributed by atoms with E-state index in [4.69, 9.17) is 0 Å². The van der Waals surface area contributed by atoms with Gasteiger partial charge in [0.15, 0.2) is 0 Å². The molecule has 7 nitrogen and oxygen atoms in total. The summed E-state index contributed by atoms with van der Waals surface area (Å²) in [5.41, 5.74) is 5.09. The van der Waals surface area contributed by atoms with Crippen LogP contribution in [0, 0.1) is 11.3 Å². The van der Waals surface area contributed by atoms with Crippen molar-refractivity contribution in [3.63, 3.8) is 0 Å². The van der Waals surface area contributed by atoms with Gasteiger partial charge in [-0.2, -0.15) is 9.57 Å². The molecule has 138 valence electrons. The Hall–Kier alpha value is -2.63. The fourth-order valence-corrected chi connectivity index (χ4v) is 5.59. The first-order valence-electron chi connectivity index (χ1n) is 8.99. The second-order valence-electron chi connectivity index (χ2n) is 7.41. The quantitative estimate of drug-likeness (QED) is 0.586. The standard InChI is InChI=1S/C19H19N5O2S/c1-2-27(25,26)24-11-19(12-24,4-5-20)23-9-14-7-13-8-22-18-17(13)15(3-6-21-18)16(14)10-23/h3,6,8-10H,2,4,7,11-12H2,1H3,(H,21,22). The predicted molar refractivity (Wildman–Crippen MR) is 102 cm³/mol. The van der Waals surface area contributed by atoms with Gasteiger partial charge in [-0.05, 0) is 29.7 Å². The van der Waals surface area contributed by atoms with Gasteiger partial charge in [0.2, 0.25) is 10.0 Å². The van der Waals surface area contributed by atoms with Crippen molar-refractivity contribution in [2.24, 2.45) is 0 Å². The summed E-state index contributed by atoms with van der Waals surface area (Å²) >= 11 is 0. The second kappa shape index (κ2) is 5.44. The highest BCUT2D eigenvalue weighted by atomic mass is 32.2. The number of nitriles is 1. The Labute approximate surface area is 157 Å². The van der Waals surface area contributed by atoms with Crippen molar-refractivity contribution in [2.75, 3.05) is 18.8 Å². The largest absolute Gasteiger partial charge is 0.346 e. The summed E-state index contributed by atoms with van der Waals surface area (Å²) in [4.78, 5) is 7.62. The molecule has 27 heavy (non-hydrogen) atoms. The number of rotatable bonds is 4. The van der Waals surface area contributed by atoms with Gasteiger partial charge >= 0.3 is 0 Å². The summed E-state index contributed by atoms with van der Waals surface area (Å²) < 4.78 is 27.9. The Morgan fingerprint density at radius 3 is 2.85 bits per heavy atom. The molecule has 0 spiro atoms. The second-order valence-corrected chi connectivity index (χ2v) is 9.66. The third kappa shape index (κ3) is 2.22. The molecule has 1 saturated heterocycles. The van der Waals surface area contributed by atoms with Crippen molar-refractivity contribution < 1.29 is 8.42 Å². The van der Waals surface area contributed by atoms with Crippen LogP contribution in [-0.2, 0) is 22.0 Å². The highest BCUT2D eigenvalue weighted by Gasteiger charge is 2.49. The fraction of sp³-hybridized carbons (Fsp3) is 0.368. The number of aromatic nitrogens is 3. The van der Waals surface area contributed by atoms with Crippen LogP contribution in [0.15, 0.2) is 30.9 Å². The van der Waals surface area contributed by atoms with Gasteiger partial charge in [-0.3, -0.25) is 0 Å². The van der Waals surface area contributed by atoms with E-state index in [-0.39, 0.29) is 12.2 Å². The highest BCUT2D eigenvalue weighted by Crippen LogP contribution is 2.42. The SMILES string of the molecule is CCS(=O)(=O)N1CC(CC#N)(n2cc3c(c2)-c2ccnc4[nH]cc(c24)C3)C1. The van der Waals surface area contributed by atoms with Crippen LogP contribution in [-0.4, -0.2) is 46.1 Å². The maximum Gasteiger partial charge on any atom is 0.213 e. The van der Waals surface area contributed by atoms with E-state index in [1.165, 1.54) is 15.4 Å². The lowest BCUT2D eigenvalue weighted by atomic mass is 9.89. The molecule has 0 atom stereocenters. The maximum atomic E-state index is 12.2. The van der Waals surface area contributed by atoms with E-state index in [1.807, 2.05) is 12.3 Å².